The Kier molecular flexibility index (Phi) is 3.93. The Morgan fingerprint density at radius 1 is 0.789 bits per heavy atom. The number of nitrogens with one attached hydrogen (secondary N) is 2. The highest BCUT2D eigenvalue weighted by Gasteiger charge is 2.05. The van der Waals surface area contributed by atoms with E-state index in [9.17, 15) is 9.59 Å². The third kappa shape index (κ3) is 3.67. The zero-order valence-electron chi connectivity index (χ0n) is 10.5. The van der Waals surface area contributed by atoms with E-state index in [0.29, 0.717) is 11.3 Å². The fraction of sp³-hybridized carbons (Fsp3) is 0.0667. The molecule has 0 aromatic heterocycles. The van der Waals surface area contributed by atoms with E-state index in [4.69, 9.17) is 0 Å². The van der Waals surface area contributed by atoms with Crippen LogP contribution in [0.15, 0.2) is 54.6 Å². The Bertz CT molecular complexity index is 577. The lowest BCUT2D eigenvalue weighted by atomic mass is 10.2. The fourth-order valence-corrected chi connectivity index (χ4v) is 1.63. The van der Waals surface area contributed by atoms with E-state index in [1.807, 2.05) is 30.3 Å². The van der Waals surface area contributed by atoms with Gasteiger partial charge in [-0.3, -0.25) is 9.59 Å². The zero-order chi connectivity index (χ0) is 13.7. The Morgan fingerprint density at radius 3 is 1.95 bits per heavy atom. The lowest BCUT2D eigenvalue weighted by molar-refractivity contribution is -0.114. The summed E-state index contributed by atoms with van der Waals surface area (Å²) in [6.45, 7) is 1.44. The third-order valence-electron chi connectivity index (χ3n) is 2.50. The number of carbonyl (C=O) groups excluding carboxylic acids is 2. The highest BCUT2D eigenvalue weighted by atomic mass is 16.2. The summed E-state index contributed by atoms with van der Waals surface area (Å²) in [4.78, 5) is 22.8. The maximum atomic E-state index is 11.9. The Morgan fingerprint density at radius 2 is 1.37 bits per heavy atom. The largest absolute Gasteiger partial charge is 0.326 e. The topological polar surface area (TPSA) is 58.2 Å². The van der Waals surface area contributed by atoms with Gasteiger partial charge in [-0.15, -0.1) is 0 Å². The van der Waals surface area contributed by atoms with Crippen molar-refractivity contribution in [2.24, 2.45) is 0 Å². The lowest BCUT2D eigenvalue weighted by Crippen LogP contribution is -2.12. The maximum absolute atomic E-state index is 11.9. The quantitative estimate of drug-likeness (QED) is 0.884. The maximum Gasteiger partial charge on any atom is 0.255 e. The molecule has 0 aliphatic rings. The zero-order valence-corrected chi connectivity index (χ0v) is 10.5. The highest BCUT2D eigenvalue weighted by molar-refractivity contribution is 6.04. The summed E-state index contributed by atoms with van der Waals surface area (Å²) < 4.78 is 0. The van der Waals surface area contributed by atoms with Crippen LogP contribution in [0.4, 0.5) is 11.4 Å². The number of para-hydroxylation sites is 1. The van der Waals surface area contributed by atoms with Crippen molar-refractivity contribution in [2.45, 2.75) is 6.92 Å². The van der Waals surface area contributed by atoms with Crippen LogP contribution in [-0.2, 0) is 4.79 Å². The van der Waals surface area contributed by atoms with Gasteiger partial charge >= 0.3 is 0 Å². The van der Waals surface area contributed by atoms with Crippen molar-refractivity contribution in [1.29, 1.82) is 0 Å². The molecular weight excluding hydrogens is 240 g/mol. The van der Waals surface area contributed by atoms with E-state index < -0.39 is 0 Å². The molecule has 19 heavy (non-hydrogen) atoms. The van der Waals surface area contributed by atoms with Gasteiger partial charge in [0.15, 0.2) is 0 Å². The number of carbonyl (C=O) groups is 2. The number of hydrogen-bond donors (Lipinski definition) is 2. The van der Waals surface area contributed by atoms with Gasteiger partial charge in [0.25, 0.3) is 5.91 Å². The molecule has 0 atom stereocenters. The second kappa shape index (κ2) is 5.82. The van der Waals surface area contributed by atoms with Gasteiger partial charge in [0.2, 0.25) is 5.91 Å². The molecule has 0 radical (unpaired) electrons. The van der Waals surface area contributed by atoms with E-state index in [1.54, 1.807) is 24.3 Å². The molecule has 0 fully saturated rings. The van der Waals surface area contributed by atoms with Crippen molar-refractivity contribution in [1.82, 2.24) is 0 Å². The Balaban J connectivity index is 2.05. The monoisotopic (exact) mass is 254 g/mol. The second-order valence-electron chi connectivity index (χ2n) is 4.08. The van der Waals surface area contributed by atoms with E-state index >= 15 is 0 Å². The molecule has 0 aliphatic heterocycles. The second-order valence-corrected chi connectivity index (χ2v) is 4.08. The summed E-state index contributed by atoms with van der Waals surface area (Å²) in [5.41, 5.74) is 1.96. The number of amides is 2. The minimum absolute atomic E-state index is 0.138. The van der Waals surface area contributed by atoms with Crippen LogP contribution >= 0.6 is 0 Å². The van der Waals surface area contributed by atoms with Gasteiger partial charge in [0, 0.05) is 23.9 Å². The van der Waals surface area contributed by atoms with Crippen molar-refractivity contribution >= 4 is 23.2 Å². The van der Waals surface area contributed by atoms with Crippen molar-refractivity contribution in [3.63, 3.8) is 0 Å². The number of anilines is 2. The first-order chi connectivity index (χ1) is 9.15. The number of benzene rings is 2. The minimum atomic E-state index is -0.180. The van der Waals surface area contributed by atoms with Crippen molar-refractivity contribution in [3.05, 3.63) is 60.2 Å². The molecule has 2 aromatic rings. The van der Waals surface area contributed by atoms with Crippen LogP contribution in [0.2, 0.25) is 0 Å². The molecule has 2 rings (SSSR count). The molecule has 4 nitrogen and oxygen atoms in total. The van der Waals surface area contributed by atoms with E-state index in [2.05, 4.69) is 10.6 Å². The predicted molar refractivity (Wildman–Crippen MR) is 75.1 cm³/mol. The standard InChI is InChI=1S/C15H14N2O2/c1-11(18)16-14-9-7-12(8-10-14)15(19)17-13-5-3-2-4-6-13/h2-10H,1H3,(H,16,18)(H,17,19). The highest BCUT2D eigenvalue weighted by Crippen LogP contribution is 2.12. The average Bonchev–Trinajstić information content (AvgIpc) is 2.40. The van der Waals surface area contributed by atoms with Crippen LogP contribution in [0.1, 0.15) is 17.3 Å². The van der Waals surface area contributed by atoms with Crippen LogP contribution in [0.5, 0.6) is 0 Å². The van der Waals surface area contributed by atoms with Crippen molar-refractivity contribution < 1.29 is 9.59 Å². The van der Waals surface area contributed by atoms with E-state index in [0.717, 1.165) is 5.69 Å². The summed E-state index contributed by atoms with van der Waals surface area (Å²) in [5.74, 6) is -0.318. The first-order valence-electron chi connectivity index (χ1n) is 5.89. The normalized spacial score (nSPS) is 9.74. The van der Waals surface area contributed by atoms with Crippen LogP contribution in [-0.4, -0.2) is 11.8 Å². The lowest BCUT2D eigenvalue weighted by Gasteiger charge is -2.06. The summed E-state index contributed by atoms with van der Waals surface area (Å²) in [6, 6.07) is 16.0. The van der Waals surface area contributed by atoms with E-state index in [-0.39, 0.29) is 11.8 Å². The first kappa shape index (κ1) is 12.8. The van der Waals surface area contributed by atoms with Crippen molar-refractivity contribution in [2.75, 3.05) is 10.6 Å². The molecule has 2 aromatic carbocycles. The third-order valence-corrected chi connectivity index (χ3v) is 2.50. The van der Waals surface area contributed by atoms with Crippen LogP contribution in [0.25, 0.3) is 0 Å². The van der Waals surface area contributed by atoms with Gasteiger partial charge in [-0.25, -0.2) is 0 Å². The van der Waals surface area contributed by atoms with Crippen molar-refractivity contribution in [3.8, 4) is 0 Å². The number of rotatable bonds is 3. The summed E-state index contributed by atoms with van der Waals surface area (Å²) in [6.07, 6.45) is 0. The minimum Gasteiger partial charge on any atom is -0.326 e. The van der Waals surface area contributed by atoms with Gasteiger partial charge in [0.1, 0.15) is 0 Å². The first-order valence-corrected chi connectivity index (χ1v) is 5.89. The van der Waals surface area contributed by atoms with Gasteiger partial charge in [-0.2, -0.15) is 0 Å². The fourth-order valence-electron chi connectivity index (χ4n) is 1.63. The Labute approximate surface area is 111 Å². The van der Waals surface area contributed by atoms with Crippen LogP contribution in [0.3, 0.4) is 0 Å². The SMILES string of the molecule is CC(=O)Nc1ccc(C(=O)Nc2ccccc2)cc1. The van der Waals surface area contributed by atoms with Gasteiger partial charge in [-0.05, 0) is 36.4 Å². The number of hydrogen-bond acceptors (Lipinski definition) is 2. The molecule has 96 valence electrons. The van der Waals surface area contributed by atoms with Crippen LogP contribution in [0, 0.1) is 0 Å². The molecule has 0 saturated carbocycles. The average molecular weight is 254 g/mol. The molecule has 4 heteroatoms. The molecular formula is C15H14N2O2. The molecule has 0 bridgehead atoms. The molecule has 2 N–H and O–H groups in total. The molecule has 2 amide bonds. The summed E-state index contributed by atoms with van der Waals surface area (Å²) >= 11 is 0. The molecule has 0 unspecified atom stereocenters. The van der Waals surface area contributed by atoms with Gasteiger partial charge < -0.3 is 10.6 Å². The predicted octanol–water partition coefficient (Wildman–Crippen LogP) is 2.90. The molecule has 0 heterocycles. The molecule has 0 aliphatic carbocycles. The van der Waals surface area contributed by atoms with Crippen LogP contribution < -0.4 is 10.6 Å². The Hall–Kier alpha value is -2.62. The van der Waals surface area contributed by atoms with Gasteiger partial charge in [-0.1, -0.05) is 18.2 Å². The smallest absolute Gasteiger partial charge is 0.255 e. The molecule has 0 saturated heterocycles. The summed E-state index contributed by atoms with van der Waals surface area (Å²) in [7, 11) is 0. The molecule has 0 spiro atoms. The van der Waals surface area contributed by atoms with E-state index in [1.165, 1.54) is 6.92 Å². The summed E-state index contributed by atoms with van der Waals surface area (Å²) in [5, 5.41) is 5.44. The van der Waals surface area contributed by atoms with Gasteiger partial charge in [0.05, 0.1) is 0 Å².